The lowest BCUT2D eigenvalue weighted by Crippen LogP contribution is -2.64. The Balaban J connectivity index is 1.37. The summed E-state index contributed by atoms with van der Waals surface area (Å²) in [5, 5.41) is 1.37. The van der Waals surface area contributed by atoms with Crippen molar-refractivity contribution in [2.45, 2.75) is 136 Å². The highest BCUT2D eigenvalue weighted by Gasteiger charge is 2.62. The number of benzene rings is 5. The summed E-state index contributed by atoms with van der Waals surface area (Å²) < 4.78 is 2.85. The molecular weight excluding hydrogens is 707 g/mol. The molecule has 6 aromatic rings. The zero-order chi connectivity index (χ0) is 40.2. The minimum absolute atomic E-state index is 0.0267. The molecule has 0 bridgehead atoms. The Kier molecular flexibility index (Phi) is 7.73. The predicted octanol–water partition coefficient (Wildman–Crippen LogP) is 13.1. The van der Waals surface area contributed by atoms with Gasteiger partial charge >= 0.3 is 0 Å². The number of fused-ring (bicyclic) bond motifs is 9. The van der Waals surface area contributed by atoms with Gasteiger partial charge in [0.2, 0.25) is 0 Å². The van der Waals surface area contributed by atoms with Crippen LogP contribution >= 0.6 is 11.3 Å². The van der Waals surface area contributed by atoms with Crippen LogP contribution in [0.3, 0.4) is 0 Å². The van der Waals surface area contributed by atoms with E-state index < -0.39 is 0 Å². The van der Waals surface area contributed by atoms with Crippen LogP contribution in [-0.4, -0.2) is 12.3 Å². The highest BCUT2D eigenvalue weighted by Crippen LogP contribution is 2.63. The molecule has 10 rings (SSSR count). The largest absolute Gasteiger partial charge is 0.335 e. The summed E-state index contributed by atoms with van der Waals surface area (Å²) in [4.78, 5) is 5.57. The summed E-state index contributed by atoms with van der Waals surface area (Å²) in [6.45, 7) is 28.8. The summed E-state index contributed by atoms with van der Waals surface area (Å²) in [6, 6.07) is 36.5. The molecule has 2 nitrogen and oxygen atoms in total. The van der Waals surface area contributed by atoms with E-state index in [-0.39, 0.29) is 33.9 Å². The molecule has 5 aromatic carbocycles. The highest BCUT2D eigenvalue weighted by atomic mass is 32.1. The van der Waals surface area contributed by atoms with Gasteiger partial charge in [-0.3, -0.25) is 0 Å². The van der Waals surface area contributed by atoms with Gasteiger partial charge in [-0.1, -0.05) is 142 Å². The Morgan fingerprint density at radius 1 is 0.614 bits per heavy atom. The van der Waals surface area contributed by atoms with E-state index in [1.165, 1.54) is 113 Å². The van der Waals surface area contributed by atoms with Crippen LogP contribution in [-0.2, 0) is 21.7 Å². The molecule has 0 spiro atoms. The number of rotatable bonds is 2. The van der Waals surface area contributed by atoms with Crippen molar-refractivity contribution in [3.05, 3.63) is 119 Å². The van der Waals surface area contributed by atoms with Gasteiger partial charge in [-0.15, -0.1) is 11.3 Å². The number of nitrogens with zero attached hydrogens (tertiary/aromatic N) is 2. The lowest BCUT2D eigenvalue weighted by atomic mass is 9.36. The monoisotopic (exact) mass is 766 g/mol. The molecule has 1 aromatic heterocycles. The first kappa shape index (κ1) is 37.0. The molecule has 4 heterocycles. The molecule has 0 radical (unpaired) electrons. The topological polar surface area (TPSA) is 6.48 Å². The van der Waals surface area contributed by atoms with Crippen molar-refractivity contribution in [2.24, 2.45) is 0 Å². The van der Waals surface area contributed by atoms with E-state index >= 15 is 0 Å². The smallest absolute Gasteiger partial charge is 0.264 e. The average molecular weight is 767 g/mol. The van der Waals surface area contributed by atoms with Crippen molar-refractivity contribution in [2.75, 3.05) is 9.80 Å². The molecule has 0 saturated heterocycles. The third kappa shape index (κ3) is 5.21. The molecule has 1 saturated carbocycles. The Morgan fingerprint density at radius 2 is 1.25 bits per heavy atom. The van der Waals surface area contributed by atoms with Gasteiger partial charge in [-0.05, 0) is 124 Å². The molecule has 0 N–H and O–H groups in total. The number of hydrogen-bond donors (Lipinski definition) is 0. The molecule has 1 aliphatic carbocycles. The lowest BCUT2D eigenvalue weighted by Gasteiger charge is -2.52. The molecule has 0 amide bonds. The Hall–Kier alpha value is -4.28. The van der Waals surface area contributed by atoms with Gasteiger partial charge in [0.1, 0.15) is 0 Å². The van der Waals surface area contributed by atoms with Gasteiger partial charge in [-0.2, -0.15) is 0 Å². The molecule has 57 heavy (non-hydrogen) atoms. The van der Waals surface area contributed by atoms with Gasteiger partial charge in [-0.25, -0.2) is 0 Å². The first-order chi connectivity index (χ1) is 26.8. The van der Waals surface area contributed by atoms with Gasteiger partial charge in [0.05, 0.1) is 11.2 Å². The second kappa shape index (κ2) is 11.9. The first-order valence-electron chi connectivity index (χ1n) is 21.5. The Bertz CT molecular complexity index is 2630. The minimum Gasteiger partial charge on any atom is -0.335 e. The molecule has 4 aliphatic rings. The predicted molar refractivity (Wildman–Crippen MR) is 250 cm³/mol. The van der Waals surface area contributed by atoms with Crippen LogP contribution in [0.4, 0.5) is 28.4 Å². The second-order valence-electron chi connectivity index (χ2n) is 21.5. The molecule has 2 unspecified atom stereocenters. The van der Waals surface area contributed by atoms with Crippen LogP contribution in [0, 0.1) is 6.92 Å². The number of aryl methyl sites for hydroxylation is 1. The van der Waals surface area contributed by atoms with Gasteiger partial charge in [0, 0.05) is 43.0 Å². The molecule has 4 heteroatoms. The zero-order valence-electron chi connectivity index (χ0n) is 36.4. The van der Waals surface area contributed by atoms with Crippen molar-refractivity contribution >= 4 is 72.3 Å². The summed E-state index contributed by atoms with van der Waals surface area (Å²) in [7, 11) is 0. The Morgan fingerprint density at radius 3 is 1.91 bits per heavy atom. The molecule has 1 fully saturated rings. The fourth-order valence-corrected chi connectivity index (χ4v) is 12.3. The Labute approximate surface area is 346 Å². The van der Waals surface area contributed by atoms with Crippen molar-refractivity contribution in [1.29, 1.82) is 0 Å². The SMILES string of the molecule is Cc1ccc(-c2cc3c4c(c2)N2c5c(cc(C(C)(C)C)cc5C5(C)CCCCC25C)B4c2sc4ccc(C(C)(C)C)cc4c2N3c2ccc(C(C)(C)C)cc2)cc1. The van der Waals surface area contributed by atoms with Crippen molar-refractivity contribution in [1.82, 2.24) is 0 Å². The van der Waals surface area contributed by atoms with E-state index in [0.29, 0.717) is 0 Å². The number of anilines is 5. The maximum Gasteiger partial charge on any atom is 0.264 e. The van der Waals surface area contributed by atoms with Crippen molar-refractivity contribution < 1.29 is 0 Å². The fourth-order valence-electron chi connectivity index (χ4n) is 11.0. The minimum atomic E-state index is -0.0370. The molecule has 3 aliphatic heterocycles. The highest BCUT2D eigenvalue weighted by molar-refractivity contribution is 7.33. The molecule has 290 valence electrons. The normalized spacial score (nSPS) is 21.1. The molecular formula is C53H59BN2S. The van der Waals surface area contributed by atoms with E-state index in [9.17, 15) is 0 Å². The van der Waals surface area contributed by atoms with E-state index in [4.69, 9.17) is 0 Å². The number of thiophene rings is 1. The van der Waals surface area contributed by atoms with Crippen molar-refractivity contribution in [3.8, 4) is 11.1 Å². The summed E-state index contributed by atoms with van der Waals surface area (Å²) in [5.41, 5.74) is 19.6. The van der Waals surface area contributed by atoms with Crippen LogP contribution in [0.1, 0.15) is 130 Å². The van der Waals surface area contributed by atoms with E-state index in [1.54, 1.807) is 5.56 Å². The van der Waals surface area contributed by atoms with Crippen LogP contribution in [0.2, 0.25) is 0 Å². The van der Waals surface area contributed by atoms with Crippen LogP contribution in [0.25, 0.3) is 21.2 Å². The molecule has 2 atom stereocenters. The average Bonchev–Trinajstić information content (AvgIpc) is 3.62. The second-order valence-corrected chi connectivity index (χ2v) is 22.6. The maximum absolute atomic E-state index is 2.90. The third-order valence-electron chi connectivity index (χ3n) is 14.7. The first-order valence-corrected chi connectivity index (χ1v) is 22.3. The quantitative estimate of drug-likeness (QED) is 0.162. The van der Waals surface area contributed by atoms with Crippen LogP contribution < -0.4 is 25.5 Å². The van der Waals surface area contributed by atoms with Crippen LogP contribution in [0.5, 0.6) is 0 Å². The fraction of sp³-hybridized carbons (Fsp3) is 0.396. The van der Waals surface area contributed by atoms with Gasteiger partial charge in [0.15, 0.2) is 0 Å². The maximum atomic E-state index is 2.90. The van der Waals surface area contributed by atoms with Crippen LogP contribution in [0.15, 0.2) is 91.0 Å². The summed E-state index contributed by atoms with van der Waals surface area (Å²) in [5.74, 6) is 0. The van der Waals surface area contributed by atoms with E-state index in [2.05, 4.69) is 184 Å². The van der Waals surface area contributed by atoms with E-state index in [1.807, 2.05) is 11.3 Å². The lowest BCUT2D eigenvalue weighted by molar-refractivity contribution is 0.195. The van der Waals surface area contributed by atoms with Gasteiger partial charge < -0.3 is 9.80 Å². The summed E-state index contributed by atoms with van der Waals surface area (Å²) >= 11 is 2.03. The van der Waals surface area contributed by atoms with Gasteiger partial charge in [0.25, 0.3) is 6.71 Å². The standard InChI is InChI=1S/C53H59BN2S/c1-32-15-17-33(18-16-32)34-27-42-45-43(28-34)56-47-40(52(11)25-13-14-26-53(52,56)12)30-37(51(8,9)10)31-41(47)54(45)48-46(39-29-36(50(5,6)7)21-24-44(39)57-48)55(42)38-22-19-35(20-23-38)49(2,3)4/h15-24,27-31H,13-14,25-26H2,1-12H3. The zero-order valence-corrected chi connectivity index (χ0v) is 37.2. The summed E-state index contributed by atoms with van der Waals surface area (Å²) in [6.07, 6.45) is 4.97. The van der Waals surface area contributed by atoms with Crippen molar-refractivity contribution in [3.63, 3.8) is 0 Å². The third-order valence-corrected chi connectivity index (χ3v) is 16.0. The number of hydrogen-bond acceptors (Lipinski definition) is 3. The van der Waals surface area contributed by atoms with E-state index in [0.717, 1.165) is 0 Å².